The number of amides is 2. The highest BCUT2D eigenvalue weighted by Crippen LogP contribution is 2.49. The van der Waals surface area contributed by atoms with Gasteiger partial charge in [0, 0.05) is 53.6 Å². The third-order valence-corrected chi connectivity index (χ3v) is 9.82. The van der Waals surface area contributed by atoms with Crippen LogP contribution in [0, 0.1) is 0 Å². The first kappa shape index (κ1) is 35.4. The Bertz CT molecular complexity index is 1890. The molecule has 4 aromatic rings. The van der Waals surface area contributed by atoms with E-state index in [2.05, 4.69) is 49.3 Å². The Balaban J connectivity index is 1.50. The van der Waals surface area contributed by atoms with Gasteiger partial charge in [-0.05, 0) is 93.6 Å². The molecule has 0 saturated carbocycles. The predicted molar refractivity (Wildman–Crippen MR) is 203 cm³/mol. The van der Waals surface area contributed by atoms with Crippen LogP contribution in [0.2, 0.25) is 0 Å². The number of anilines is 3. The van der Waals surface area contributed by atoms with Crippen LogP contribution in [0.4, 0.5) is 21.9 Å². The van der Waals surface area contributed by atoms with E-state index >= 15 is 0 Å². The molecule has 1 aliphatic heterocycles. The number of urea groups is 1. The summed E-state index contributed by atoms with van der Waals surface area (Å²) in [4.78, 5) is 33.3. The summed E-state index contributed by atoms with van der Waals surface area (Å²) in [5.74, 6) is 2.04. The minimum absolute atomic E-state index is 0.0209. The fraction of sp³-hybridized carbons (Fsp3) is 0.333. The molecule has 6 rings (SSSR count). The summed E-state index contributed by atoms with van der Waals surface area (Å²) >= 11 is 0. The second-order valence-electron chi connectivity index (χ2n) is 13.6. The number of hydrogen-bond acceptors (Lipinski definition) is 7. The van der Waals surface area contributed by atoms with Gasteiger partial charge in [-0.15, -0.1) is 0 Å². The molecule has 0 aromatic heterocycles. The largest absolute Gasteiger partial charge is 0.497 e. The first-order chi connectivity index (χ1) is 24.6. The van der Waals surface area contributed by atoms with Gasteiger partial charge in [0.1, 0.15) is 17.2 Å². The monoisotopic (exact) mass is 688 g/mol. The van der Waals surface area contributed by atoms with Crippen LogP contribution in [-0.2, 0) is 11.3 Å². The maximum atomic E-state index is 14.6. The SMILES string of the molecule is COc1ccc(CNC(=O)N2c3ccccc3NC3=C(C(=O)CC(c4ccc(OC)cc4)C3)C2c2ccc(N(C(C)C)C(C)C)cc2OC)cc1. The number of hydrogen-bond donors (Lipinski definition) is 2. The zero-order valence-corrected chi connectivity index (χ0v) is 30.5. The van der Waals surface area contributed by atoms with Gasteiger partial charge in [0.05, 0.1) is 38.7 Å². The van der Waals surface area contributed by atoms with Crippen molar-refractivity contribution in [3.63, 3.8) is 0 Å². The Kier molecular flexibility index (Phi) is 10.6. The fourth-order valence-corrected chi connectivity index (χ4v) is 7.50. The number of rotatable bonds is 10. The molecular formula is C42H48N4O5. The molecule has 0 fully saturated rings. The number of nitrogens with one attached hydrogen (secondary N) is 2. The van der Waals surface area contributed by atoms with Crippen LogP contribution in [0.5, 0.6) is 17.2 Å². The lowest BCUT2D eigenvalue weighted by Gasteiger charge is -2.37. The molecule has 2 N–H and O–H groups in total. The summed E-state index contributed by atoms with van der Waals surface area (Å²) in [7, 11) is 4.92. The first-order valence-corrected chi connectivity index (χ1v) is 17.6. The van der Waals surface area contributed by atoms with Crippen molar-refractivity contribution in [2.75, 3.05) is 36.4 Å². The molecule has 2 amide bonds. The molecule has 0 saturated heterocycles. The Morgan fingerprint density at radius 1 is 0.843 bits per heavy atom. The van der Waals surface area contributed by atoms with Gasteiger partial charge in [0.25, 0.3) is 0 Å². The van der Waals surface area contributed by atoms with Gasteiger partial charge in [0.15, 0.2) is 5.78 Å². The van der Waals surface area contributed by atoms with Crippen LogP contribution in [0.15, 0.2) is 102 Å². The van der Waals surface area contributed by atoms with Crippen molar-refractivity contribution in [1.29, 1.82) is 0 Å². The van der Waals surface area contributed by atoms with Crippen molar-refractivity contribution >= 4 is 28.9 Å². The Labute approximate surface area is 301 Å². The third-order valence-electron chi connectivity index (χ3n) is 9.82. The number of fused-ring (bicyclic) bond motifs is 1. The minimum Gasteiger partial charge on any atom is -0.497 e. The van der Waals surface area contributed by atoms with E-state index in [0.717, 1.165) is 45.3 Å². The lowest BCUT2D eigenvalue weighted by Crippen LogP contribution is -2.44. The highest BCUT2D eigenvalue weighted by molar-refractivity contribution is 6.06. The molecule has 0 radical (unpaired) electrons. The van der Waals surface area contributed by atoms with Gasteiger partial charge in [-0.25, -0.2) is 4.79 Å². The number of para-hydroxylation sites is 2. The molecule has 1 heterocycles. The van der Waals surface area contributed by atoms with Crippen LogP contribution < -0.4 is 34.6 Å². The number of Topliss-reactive ketones (excluding diaryl/α,β-unsaturated/α-hetero) is 1. The molecule has 0 spiro atoms. The fourth-order valence-electron chi connectivity index (χ4n) is 7.50. The number of benzene rings is 4. The summed E-state index contributed by atoms with van der Waals surface area (Å²) in [6.45, 7) is 8.95. The number of methoxy groups -OCH3 is 3. The van der Waals surface area contributed by atoms with Crippen LogP contribution in [-0.4, -0.2) is 45.2 Å². The van der Waals surface area contributed by atoms with Crippen molar-refractivity contribution < 1.29 is 23.8 Å². The molecule has 4 aromatic carbocycles. The molecule has 2 atom stereocenters. The molecule has 1 aliphatic carbocycles. The van der Waals surface area contributed by atoms with Crippen LogP contribution in [0.25, 0.3) is 0 Å². The predicted octanol–water partition coefficient (Wildman–Crippen LogP) is 8.62. The van der Waals surface area contributed by atoms with Crippen molar-refractivity contribution in [3.05, 3.63) is 119 Å². The average molecular weight is 689 g/mol. The number of nitrogens with zero attached hydrogens (tertiary/aromatic N) is 2. The molecule has 2 aliphatic rings. The smallest absolute Gasteiger partial charge is 0.323 e. The van der Waals surface area contributed by atoms with E-state index in [1.54, 1.807) is 26.2 Å². The highest BCUT2D eigenvalue weighted by atomic mass is 16.5. The first-order valence-electron chi connectivity index (χ1n) is 17.6. The van der Waals surface area contributed by atoms with Gasteiger partial charge in [-0.3, -0.25) is 9.69 Å². The normalized spacial score (nSPS) is 17.0. The Morgan fingerprint density at radius 2 is 1.49 bits per heavy atom. The van der Waals surface area contributed by atoms with Gasteiger partial charge in [-0.2, -0.15) is 0 Å². The molecule has 9 heteroatoms. The second kappa shape index (κ2) is 15.2. The van der Waals surface area contributed by atoms with Gasteiger partial charge >= 0.3 is 6.03 Å². The van der Waals surface area contributed by atoms with Gasteiger partial charge in [0.2, 0.25) is 0 Å². The summed E-state index contributed by atoms with van der Waals surface area (Å²) in [5, 5.41) is 6.78. The topological polar surface area (TPSA) is 92.4 Å². The Hall–Kier alpha value is -5.44. The maximum absolute atomic E-state index is 14.6. The minimum atomic E-state index is -0.771. The van der Waals surface area contributed by atoms with Crippen molar-refractivity contribution in [2.45, 2.75) is 71.1 Å². The van der Waals surface area contributed by atoms with E-state index in [0.29, 0.717) is 29.9 Å². The maximum Gasteiger partial charge on any atom is 0.323 e. The second-order valence-corrected chi connectivity index (χ2v) is 13.6. The molecule has 9 nitrogen and oxygen atoms in total. The number of carbonyl (C=O) groups excluding carboxylic acids is 2. The number of allylic oxidation sites excluding steroid dienone is 1. The summed E-state index contributed by atoms with van der Waals surface area (Å²) in [5.41, 5.74) is 6.49. The number of ether oxygens (including phenoxy) is 3. The zero-order chi connectivity index (χ0) is 36.2. The quantitative estimate of drug-likeness (QED) is 0.172. The van der Waals surface area contributed by atoms with Crippen molar-refractivity contribution in [3.8, 4) is 17.2 Å². The third kappa shape index (κ3) is 7.24. The van der Waals surface area contributed by atoms with Gasteiger partial charge in [-0.1, -0.05) is 42.5 Å². The van der Waals surface area contributed by atoms with Crippen molar-refractivity contribution in [1.82, 2.24) is 5.32 Å². The molecule has 51 heavy (non-hydrogen) atoms. The van der Waals surface area contributed by atoms with Crippen LogP contribution in [0.1, 0.15) is 69.2 Å². The van der Waals surface area contributed by atoms with Crippen LogP contribution in [0.3, 0.4) is 0 Å². The van der Waals surface area contributed by atoms with E-state index in [-0.39, 0.29) is 36.4 Å². The lowest BCUT2D eigenvalue weighted by molar-refractivity contribution is -0.116. The van der Waals surface area contributed by atoms with E-state index < -0.39 is 6.04 Å². The van der Waals surface area contributed by atoms with Gasteiger partial charge < -0.3 is 29.7 Å². The standard InChI is InChI=1S/C42H48N4O5/c1-26(2)45(27(3)4)31-16-21-34(39(24-31)51-7)41-40-36(22-30(23-38(40)47)29-14-19-33(50-6)20-15-29)44-35-10-8-9-11-37(35)46(41)42(48)43-25-28-12-17-32(49-5)18-13-28/h8-21,24,26-27,30,41,44H,22-23,25H2,1-7H3,(H,43,48). The Morgan fingerprint density at radius 3 is 2.12 bits per heavy atom. The summed E-state index contributed by atoms with van der Waals surface area (Å²) in [6, 6.07) is 28.8. The summed E-state index contributed by atoms with van der Waals surface area (Å²) in [6.07, 6.45) is 0.893. The van der Waals surface area contributed by atoms with Crippen molar-refractivity contribution in [2.24, 2.45) is 0 Å². The number of carbonyl (C=O) groups is 2. The van der Waals surface area contributed by atoms with E-state index in [9.17, 15) is 9.59 Å². The van der Waals surface area contributed by atoms with E-state index in [4.69, 9.17) is 14.2 Å². The zero-order valence-electron chi connectivity index (χ0n) is 30.5. The van der Waals surface area contributed by atoms with E-state index in [1.165, 1.54) is 0 Å². The summed E-state index contributed by atoms with van der Waals surface area (Å²) < 4.78 is 16.8. The highest BCUT2D eigenvalue weighted by Gasteiger charge is 2.43. The van der Waals surface area contributed by atoms with E-state index in [1.807, 2.05) is 84.9 Å². The number of ketones is 1. The molecule has 266 valence electrons. The lowest BCUT2D eigenvalue weighted by atomic mass is 9.78. The molecule has 0 bridgehead atoms. The molecule has 2 unspecified atom stereocenters. The average Bonchev–Trinajstić information content (AvgIpc) is 3.28. The molecular weight excluding hydrogens is 640 g/mol. The van der Waals surface area contributed by atoms with Crippen LogP contribution >= 0.6 is 0 Å².